The number of hydrogen-bond donors (Lipinski definition) is 0. The SMILES string of the molecule is C=CCN(C(=O)C(=C)F)C(C)(C)C. The van der Waals surface area contributed by atoms with E-state index in [9.17, 15) is 9.18 Å². The number of halogens is 1. The van der Waals surface area contributed by atoms with Crippen molar-refractivity contribution in [2.24, 2.45) is 0 Å². The molecular weight excluding hydrogens is 169 g/mol. The minimum Gasteiger partial charge on any atom is -0.328 e. The average Bonchev–Trinajstić information content (AvgIpc) is 1.96. The molecule has 0 N–H and O–H groups in total. The van der Waals surface area contributed by atoms with Crippen LogP contribution in [0.4, 0.5) is 4.39 Å². The number of carbonyl (C=O) groups is 1. The predicted molar refractivity (Wildman–Crippen MR) is 51.9 cm³/mol. The van der Waals surface area contributed by atoms with Crippen molar-refractivity contribution in [1.29, 1.82) is 0 Å². The van der Waals surface area contributed by atoms with Crippen molar-refractivity contribution < 1.29 is 9.18 Å². The Kier molecular flexibility index (Phi) is 3.85. The van der Waals surface area contributed by atoms with Gasteiger partial charge in [-0.05, 0) is 20.8 Å². The van der Waals surface area contributed by atoms with Crippen molar-refractivity contribution >= 4 is 5.91 Å². The van der Waals surface area contributed by atoms with Crippen molar-refractivity contribution in [3.05, 3.63) is 25.1 Å². The molecule has 74 valence electrons. The second kappa shape index (κ2) is 4.21. The van der Waals surface area contributed by atoms with Crippen molar-refractivity contribution in [2.75, 3.05) is 6.54 Å². The molecule has 0 heterocycles. The normalized spacial score (nSPS) is 10.8. The number of hydrogen-bond acceptors (Lipinski definition) is 1. The zero-order chi connectivity index (χ0) is 10.6. The zero-order valence-corrected chi connectivity index (χ0v) is 8.43. The van der Waals surface area contributed by atoms with E-state index in [1.54, 1.807) is 6.08 Å². The van der Waals surface area contributed by atoms with Gasteiger partial charge in [0.25, 0.3) is 5.91 Å². The Hall–Kier alpha value is -1.12. The van der Waals surface area contributed by atoms with Gasteiger partial charge in [-0.25, -0.2) is 4.39 Å². The average molecular weight is 185 g/mol. The minimum absolute atomic E-state index is 0.325. The lowest BCUT2D eigenvalue weighted by atomic mass is 10.1. The summed E-state index contributed by atoms with van der Waals surface area (Å²) in [6.45, 7) is 12.3. The molecule has 0 saturated heterocycles. The second-order valence-corrected chi connectivity index (χ2v) is 3.78. The molecule has 0 fully saturated rings. The zero-order valence-electron chi connectivity index (χ0n) is 8.43. The first-order valence-corrected chi connectivity index (χ1v) is 4.08. The standard InChI is InChI=1S/C10H16FNO/c1-6-7-12(10(3,4)5)9(13)8(2)11/h6H,1-2,7H2,3-5H3. The monoisotopic (exact) mass is 185 g/mol. The summed E-state index contributed by atoms with van der Waals surface area (Å²) in [6.07, 6.45) is 1.56. The van der Waals surface area contributed by atoms with Gasteiger partial charge in [-0.3, -0.25) is 4.79 Å². The maximum Gasteiger partial charge on any atom is 0.282 e. The van der Waals surface area contributed by atoms with Crippen LogP contribution in [0.15, 0.2) is 25.1 Å². The fourth-order valence-electron chi connectivity index (χ4n) is 0.937. The topological polar surface area (TPSA) is 20.3 Å². The quantitative estimate of drug-likeness (QED) is 0.488. The van der Waals surface area contributed by atoms with Gasteiger partial charge < -0.3 is 4.90 Å². The van der Waals surface area contributed by atoms with Gasteiger partial charge in [-0.2, -0.15) is 0 Å². The van der Waals surface area contributed by atoms with Crippen LogP contribution in [0.2, 0.25) is 0 Å². The van der Waals surface area contributed by atoms with E-state index in [1.165, 1.54) is 4.90 Å². The van der Waals surface area contributed by atoms with Gasteiger partial charge in [-0.1, -0.05) is 12.7 Å². The molecule has 0 radical (unpaired) electrons. The number of amides is 1. The molecule has 1 amide bonds. The van der Waals surface area contributed by atoms with E-state index in [4.69, 9.17) is 0 Å². The molecule has 0 atom stereocenters. The Morgan fingerprint density at radius 3 is 2.23 bits per heavy atom. The highest BCUT2D eigenvalue weighted by Crippen LogP contribution is 2.16. The summed E-state index contributed by atoms with van der Waals surface area (Å²) in [7, 11) is 0. The molecule has 0 spiro atoms. The first-order chi connectivity index (χ1) is 5.80. The molecule has 0 rings (SSSR count). The maximum absolute atomic E-state index is 12.6. The number of carbonyl (C=O) groups excluding carboxylic acids is 1. The van der Waals surface area contributed by atoms with E-state index in [1.807, 2.05) is 20.8 Å². The van der Waals surface area contributed by atoms with Crippen LogP contribution in [-0.4, -0.2) is 22.9 Å². The molecular formula is C10H16FNO. The lowest BCUT2D eigenvalue weighted by Gasteiger charge is -2.34. The second-order valence-electron chi connectivity index (χ2n) is 3.78. The summed E-state index contributed by atoms with van der Waals surface area (Å²) in [5.74, 6) is -1.61. The van der Waals surface area contributed by atoms with Gasteiger partial charge in [0.05, 0.1) is 0 Å². The van der Waals surface area contributed by atoms with E-state index in [2.05, 4.69) is 13.2 Å². The highest BCUT2D eigenvalue weighted by Gasteiger charge is 2.26. The third kappa shape index (κ3) is 3.40. The van der Waals surface area contributed by atoms with Crippen LogP contribution in [-0.2, 0) is 4.79 Å². The number of nitrogens with zero attached hydrogens (tertiary/aromatic N) is 1. The van der Waals surface area contributed by atoms with Crippen LogP contribution in [0.5, 0.6) is 0 Å². The van der Waals surface area contributed by atoms with Crippen LogP contribution >= 0.6 is 0 Å². The van der Waals surface area contributed by atoms with Crippen LogP contribution in [0.3, 0.4) is 0 Å². The van der Waals surface area contributed by atoms with Crippen LogP contribution < -0.4 is 0 Å². The molecule has 13 heavy (non-hydrogen) atoms. The van der Waals surface area contributed by atoms with Crippen LogP contribution in [0.25, 0.3) is 0 Å². The van der Waals surface area contributed by atoms with Gasteiger partial charge in [0.1, 0.15) is 0 Å². The third-order valence-corrected chi connectivity index (χ3v) is 1.60. The molecule has 0 aromatic carbocycles. The minimum atomic E-state index is -0.934. The molecule has 0 unspecified atom stereocenters. The Bertz CT molecular complexity index is 228. The smallest absolute Gasteiger partial charge is 0.282 e. The Morgan fingerprint density at radius 2 is 2.00 bits per heavy atom. The molecule has 0 saturated carbocycles. The highest BCUT2D eigenvalue weighted by atomic mass is 19.1. The summed E-state index contributed by atoms with van der Waals surface area (Å²) in [5.41, 5.74) is -0.416. The fraction of sp³-hybridized carbons (Fsp3) is 0.500. The van der Waals surface area contributed by atoms with Gasteiger partial charge >= 0.3 is 0 Å². The lowest BCUT2D eigenvalue weighted by Crippen LogP contribution is -2.45. The third-order valence-electron chi connectivity index (χ3n) is 1.60. The molecule has 0 aliphatic heterocycles. The van der Waals surface area contributed by atoms with E-state index < -0.39 is 17.3 Å². The molecule has 0 aliphatic rings. The molecule has 0 aliphatic carbocycles. The van der Waals surface area contributed by atoms with Crippen molar-refractivity contribution in [2.45, 2.75) is 26.3 Å². The molecule has 0 aromatic rings. The summed E-state index contributed by atoms with van der Waals surface area (Å²) < 4.78 is 12.6. The van der Waals surface area contributed by atoms with E-state index in [-0.39, 0.29) is 0 Å². The van der Waals surface area contributed by atoms with Gasteiger partial charge in [0, 0.05) is 12.1 Å². The Labute approximate surface area is 78.7 Å². The van der Waals surface area contributed by atoms with Gasteiger partial charge in [0.2, 0.25) is 0 Å². The first kappa shape index (κ1) is 11.9. The summed E-state index contributed by atoms with van der Waals surface area (Å²) in [6, 6.07) is 0. The molecule has 0 aromatic heterocycles. The molecule has 0 bridgehead atoms. The summed E-state index contributed by atoms with van der Waals surface area (Å²) in [5, 5.41) is 0. The highest BCUT2D eigenvalue weighted by molar-refractivity contribution is 5.91. The largest absolute Gasteiger partial charge is 0.328 e. The van der Waals surface area contributed by atoms with Crippen molar-refractivity contribution in [1.82, 2.24) is 4.90 Å². The predicted octanol–water partition coefficient (Wildman–Crippen LogP) is 2.28. The van der Waals surface area contributed by atoms with Crippen LogP contribution in [0.1, 0.15) is 20.8 Å². The molecule has 3 heteroatoms. The Morgan fingerprint density at radius 1 is 1.54 bits per heavy atom. The van der Waals surface area contributed by atoms with E-state index in [0.29, 0.717) is 6.54 Å². The van der Waals surface area contributed by atoms with Crippen molar-refractivity contribution in [3.8, 4) is 0 Å². The lowest BCUT2D eigenvalue weighted by molar-refractivity contribution is -0.132. The maximum atomic E-state index is 12.6. The summed E-state index contributed by atoms with van der Waals surface area (Å²) in [4.78, 5) is 12.7. The molecule has 2 nitrogen and oxygen atoms in total. The van der Waals surface area contributed by atoms with E-state index in [0.717, 1.165) is 0 Å². The Balaban J connectivity index is 4.71. The number of rotatable bonds is 3. The fourth-order valence-corrected chi connectivity index (χ4v) is 0.937. The first-order valence-electron chi connectivity index (χ1n) is 4.08. The van der Waals surface area contributed by atoms with Gasteiger partial charge in [0.15, 0.2) is 5.83 Å². The van der Waals surface area contributed by atoms with Crippen LogP contribution in [0, 0.1) is 0 Å². The van der Waals surface area contributed by atoms with E-state index >= 15 is 0 Å². The summed E-state index contributed by atoms with van der Waals surface area (Å²) >= 11 is 0. The van der Waals surface area contributed by atoms with Crippen molar-refractivity contribution in [3.63, 3.8) is 0 Å². The van der Waals surface area contributed by atoms with Gasteiger partial charge in [-0.15, -0.1) is 6.58 Å².